The maximum absolute atomic E-state index is 12.5. The lowest BCUT2D eigenvalue weighted by molar-refractivity contribution is -0.123. The number of aliphatic hydroxyl groups is 2. The molecule has 0 aromatic rings. The summed E-state index contributed by atoms with van der Waals surface area (Å²) in [5, 5.41) is 23.2. The van der Waals surface area contributed by atoms with E-state index in [1.165, 1.54) is 103 Å². The fourth-order valence-electron chi connectivity index (χ4n) is 7.27. The SMILES string of the molecule is CC/C=C\C/C=C\C/C=C\C/C=C\C/C=C\C/C=C\C/C=C\C/C=C\C/C=C\C/C=C\CCCCC(=O)NC(CO)C(O)CCCCCCCCCCCCCCCCCCCC. The smallest absolute Gasteiger partial charge is 0.220 e. The summed E-state index contributed by atoms with van der Waals surface area (Å²) >= 11 is 0. The van der Waals surface area contributed by atoms with Crippen molar-refractivity contribution in [3.63, 3.8) is 0 Å². The van der Waals surface area contributed by atoms with E-state index in [4.69, 9.17) is 0 Å². The van der Waals surface area contributed by atoms with E-state index in [9.17, 15) is 15.0 Å². The molecule has 358 valence electrons. The summed E-state index contributed by atoms with van der Waals surface area (Å²) in [6.07, 6.45) is 81.6. The highest BCUT2D eigenvalue weighted by atomic mass is 16.3. The molecular weight excluding hydrogens is 771 g/mol. The van der Waals surface area contributed by atoms with Crippen molar-refractivity contribution in [2.45, 2.75) is 238 Å². The highest BCUT2D eigenvalue weighted by molar-refractivity contribution is 5.76. The average Bonchev–Trinajstić information content (AvgIpc) is 3.29. The molecule has 0 bridgehead atoms. The van der Waals surface area contributed by atoms with E-state index in [0.29, 0.717) is 12.8 Å². The minimum absolute atomic E-state index is 0.0776. The maximum Gasteiger partial charge on any atom is 0.220 e. The van der Waals surface area contributed by atoms with Gasteiger partial charge in [0.15, 0.2) is 0 Å². The van der Waals surface area contributed by atoms with Crippen molar-refractivity contribution in [2.75, 3.05) is 6.61 Å². The second-order valence-corrected chi connectivity index (χ2v) is 17.2. The number of amides is 1. The summed E-state index contributed by atoms with van der Waals surface area (Å²) in [7, 11) is 0. The van der Waals surface area contributed by atoms with Crippen molar-refractivity contribution in [2.24, 2.45) is 0 Å². The van der Waals surface area contributed by atoms with Crippen molar-refractivity contribution < 1.29 is 15.0 Å². The first kappa shape index (κ1) is 59.8. The zero-order valence-corrected chi connectivity index (χ0v) is 41.0. The molecule has 3 N–H and O–H groups in total. The van der Waals surface area contributed by atoms with Gasteiger partial charge in [-0.2, -0.15) is 0 Å². The second kappa shape index (κ2) is 53.1. The third-order valence-corrected chi connectivity index (χ3v) is 11.2. The van der Waals surface area contributed by atoms with Gasteiger partial charge in [-0.25, -0.2) is 0 Å². The number of unbranched alkanes of at least 4 members (excludes halogenated alkanes) is 19. The Balaban J connectivity index is 3.69. The molecule has 0 rings (SSSR count). The van der Waals surface area contributed by atoms with Crippen molar-refractivity contribution in [1.29, 1.82) is 0 Å². The van der Waals surface area contributed by atoms with Gasteiger partial charge in [0.1, 0.15) is 0 Å². The van der Waals surface area contributed by atoms with Crippen LogP contribution in [0, 0.1) is 0 Å². The first-order chi connectivity index (χ1) is 31.2. The van der Waals surface area contributed by atoms with Gasteiger partial charge in [-0.05, 0) is 89.9 Å². The highest BCUT2D eigenvalue weighted by Gasteiger charge is 2.19. The van der Waals surface area contributed by atoms with Gasteiger partial charge in [0, 0.05) is 6.42 Å². The predicted molar refractivity (Wildman–Crippen MR) is 280 cm³/mol. The van der Waals surface area contributed by atoms with Crippen LogP contribution >= 0.6 is 0 Å². The third-order valence-electron chi connectivity index (χ3n) is 11.2. The molecule has 0 aromatic heterocycles. The van der Waals surface area contributed by atoms with Crippen LogP contribution in [0.5, 0.6) is 0 Å². The summed E-state index contributed by atoms with van der Waals surface area (Å²) in [4.78, 5) is 12.5. The van der Waals surface area contributed by atoms with Crippen LogP contribution in [-0.4, -0.2) is 34.9 Å². The molecule has 0 heterocycles. The van der Waals surface area contributed by atoms with Crippen LogP contribution in [0.15, 0.2) is 122 Å². The number of carbonyl (C=O) groups is 1. The van der Waals surface area contributed by atoms with Gasteiger partial charge in [0.2, 0.25) is 5.91 Å². The fourth-order valence-corrected chi connectivity index (χ4v) is 7.27. The predicted octanol–water partition coefficient (Wildman–Crippen LogP) is 17.3. The topological polar surface area (TPSA) is 69.6 Å². The molecule has 0 aliphatic carbocycles. The molecule has 0 saturated heterocycles. The van der Waals surface area contributed by atoms with Gasteiger partial charge in [0.05, 0.1) is 18.8 Å². The quantitative estimate of drug-likeness (QED) is 0.0422. The standard InChI is InChI=1S/C59H99NO3/c1-3-5-7-9-11-13-15-17-19-21-23-24-25-26-27-28-29-30-31-32-33-34-35-36-37-39-41-43-45-47-49-51-53-55-59(63)60-57(56-61)58(62)54-52-50-48-46-44-42-40-38-22-20-18-16-14-12-10-8-6-4-2/h5,7,11,13,17,19,23-24,26-27,29-30,32-33,35-36,39,41,45,47,57-58,61-62H,3-4,6,8-10,12,14-16,18,20-22,25,28,31,34,37-38,40,42-44,46,48-56H2,1-2H3,(H,60,63)/b7-5-,13-11-,19-17-,24-23-,27-26-,30-29-,33-32-,36-35-,41-39-,47-45-. The summed E-state index contributed by atoms with van der Waals surface area (Å²) in [6, 6.07) is -0.569. The Morgan fingerprint density at radius 1 is 0.397 bits per heavy atom. The molecule has 0 aromatic carbocycles. The van der Waals surface area contributed by atoms with Crippen molar-refractivity contribution >= 4 is 5.91 Å². The van der Waals surface area contributed by atoms with Gasteiger partial charge in [-0.1, -0.05) is 251 Å². The minimum atomic E-state index is -0.687. The monoisotopic (exact) mass is 870 g/mol. The summed E-state index contributed by atoms with van der Waals surface area (Å²) in [5.74, 6) is -0.0776. The number of nitrogens with one attached hydrogen (secondary N) is 1. The van der Waals surface area contributed by atoms with Crippen LogP contribution in [0.25, 0.3) is 0 Å². The molecule has 0 saturated carbocycles. The van der Waals surface area contributed by atoms with Crippen molar-refractivity contribution in [3.8, 4) is 0 Å². The molecular formula is C59H99NO3. The maximum atomic E-state index is 12.5. The first-order valence-electron chi connectivity index (χ1n) is 26.2. The van der Waals surface area contributed by atoms with Crippen LogP contribution in [0.4, 0.5) is 0 Å². The van der Waals surface area contributed by atoms with Crippen molar-refractivity contribution in [1.82, 2.24) is 5.32 Å². The van der Waals surface area contributed by atoms with E-state index in [1.807, 2.05) is 0 Å². The van der Waals surface area contributed by atoms with Gasteiger partial charge in [0.25, 0.3) is 0 Å². The van der Waals surface area contributed by atoms with Crippen LogP contribution < -0.4 is 5.32 Å². The van der Waals surface area contributed by atoms with E-state index in [1.54, 1.807) is 0 Å². The Hall–Kier alpha value is -3.21. The zero-order chi connectivity index (χ0) is 45.6. The molecule has 2 atom stereocenters. The van der Waals surface area contributed by atoms with Crippen LogP contribution in [-0.2, 0) is 4.79 Å². The molecule has 2 unspecified atom stereocenters. The Bertz CT molecular complexity index is 1260. The number of rotatable bonds is 46. The Morgan fingerprint density at radius 2 is 0.698 bits per heavy atom. The van der Waals surface area contributed by atoms with Gasteiger partial charge in [-0.15, -0.1) is 0 Å². The molecule has 0 fully saturated rings. The largest absolute Gasteiger partial charge is 0.394 e. The van der Waals surface area contributed by atoms with E-state index in [2.05, 4.69) is 141 Å². The number of aliphatic hydroxyl groups excluding tert-OH is 2. The highest BCUT2D eigenvalue weighted by Crippen LogP contribution is 2.16. The average molecular weight is 870 g/mol. The summed E-state index contributed by atoms with van der Waals surface area (Å²) in [5.41, 5.74) is 0. The Morgan fingerprint density at radius 3 is 1.02 bits per heavy atom. The zero-order valence-electron chi connectivity index (χ0n) is 41.0. The number of hydrogen-bond acceptors (Lipinski definition) is 3. The molecule has 0 aliphatic rings. The van der Waals surface area contributed by atoms with E-state index in [-0.39, 0.29) is 12.5 Å². The molecule has 63 heavy (non-hydrogen) atoms. The normalized spacial score (nSPS) is 13.9. The van der Waals surface area contributed by atoms with Crippen LogP contribution in [0.3, 0.4) is 0 Å². The van der Waals surface area contributed by atoms with E-state index < -0.39 is 12.1 Å². The number of carbonyl (C=O) groups excluding carboxylic acids is 1. The van der Waals surface area contributed by atoms with E-state index >= 15 is 0 Å². The second-order valence-electron chi connectivity index (χ2n) is 17.2. The lowest BCUT2D eigenvalue weighted by Gasteiger charge is -2.22. The Labute approximate surface area is 390 Å². The summed E-state index contributed by atoms with van der Waals surface area (Å²) in [6.45, 7) is 4.23. The molecule has 0 radical (unpaired) electrons. The van der Waals surface area contributed by atoms with E-state index in [0.717, 1.165) is 96.3 Å². The van der Waals surface area contributed by atoms with Crippen LogP contribution in [0.1, 0.15) is 226 Å². The summed E-state index contributed by atoms with van der Waals surface area (Å²) < 4.78 is 0. The lowest BCUT2D eigenvalue weighted by atomic mass is 10.0. The first-order valence-corrected chi connectivity index (χ1v) is 26.2. The van der Waals surface area contributed by atoms with Gasteiger partial charge < -0.3 is 15.5 Å². The molecule has 0 spiro atoms. The van der Waals surface area contributed by atoms with Gasteiger partial charge in [-0.3, -0.25) is 4.79 Å². The van der Waals surface area contributed by atoms with Gasteiger partial charge >= 0.3 is 0 Å². The molecule has 0 aliphatic heterocycles. The number of allylic oxidation sites excluding steroid dienone is 20. The fraction of sp³-hybridized carbons (Fsp3) is 0.644. The minimum Gasteiger partial charge on any atom is -0.394 e. The molecule has 4 nitrogen and oxygen atoms in total. The Kier molecular flexibility index (Phi) is 50.4. The van der Waals surface area contributed by atoms with Crippen LogP contribution in [0.2, 0.25) is 0 Å². The number of hydrogen-bond donors (Lipinski definition) is 3. The lowest BCUT2D eigenvalue weighted by Crippen LogP contribution is -2.45. The third kappa shape index (κ3) is 49.7. The molecule has 1 amide bonds. The molecule has 4 heteroatoms. The van der Waals surface area contributed by atoms with Crippen molar-refractivity contribution in [3.05, 3.63) is 122 Å².